The van der Waals surface area contributed by atoms with Gasteiger partial charge in [0, 0.05) is 42.3 Å². The molecule has 50 heavy (non-hydrogen) atoms. The minimum atomic E-state index is -4.20. The number of carbonyl (C=O) groups excluding carboxylic acids is 2. The zero-order valence-electron chi connectivity index (χ0n) is 26.7. The number of nitrogens with zero attached hydrogens (tertiary/aromatic N) is 5. The number of halogens is 6. The number of hydrogen-bond acceptors (Lipinski definition) is 9. The summed E-state index contributed by atoms with van der Waals surface area (Å²) in [6.45, 7) is 0.208. The van der Waals surface area contributed by atoms with E-state index >= 15 is 0 Å². The molecule has 4 unspecified atom stereocenters. The predicted molar refractivity (Wildman–Crippen MR) is 163 cm³/mol. The van der Waals surface area contributed by atoms with Crippen LogP contribution in [0, 0.1) is 23.7 Å². The highest BCUT2D eigenvalue weighted by molar-refractivity contribution is 6.21. The Morgan fingerprint density at radius 2 is 1.14 bits per heavy atom. The third-order valence-electron chi connectivity index (χ3n) is 9.42. The lowest BCUT2D eigenvalue weighted by molar-refractivity contribution is -0.152. The van der Waals surface area contributed by atoms with Crippen molar-refractivity contribution >= 4 is 11.8 Å². The van der Waals surface area contributed by atoms with Crippen LogP contribution in [0.15, 0.2) is 36.4 Å². The molecule has 0 spiro atoms. The summed E-state index contributed by atoms with van der Waals surface area (Å²) in [5, 5.41) is 0. The second-order valence-corrected chi connectivity index (χ2v) is 13.5. The minimum absolute atomic E-state index is 0.0421. The number of nitrogens with two attached hydrogens (primary N) is 1. The first-order valence-corrected chi connectivity index (χ1v) is 16.6. The van der Waals surface area contributed by atoms with E-state index in [0.29, 0.717) is 46.0 Å². The highest BCUT2D eigenvalue weighted by Crippen LogP contribution is 2.51. The van der Waals surface area contributed by atoms with Gasteiger partial charge in [0.2, 0.25) is 11.8 Å². The molecule has 4 saturated carbocycles. The van der Waals surface area contributed by atoms with Crippen LogP contribution in [-0.2, 0) is 13.1 Å². The van der Waals surface area contributed by atoms with E-state index in [1.165, 1.54) is 6.07 Å². The number of carbonyl (C=O) groups is 2. The molecule has 3 aromatic rings. The van der Waals surface area contributed by atoms with Gasteiger partial charge in [-0.15, -0.1) is 0 Å². The van der Waals surface area contributed by atoms with Gasteiger partial charge in [0.1, 0.15) is 11.6 Å². The van der Waals surface area contributed by atoms with Crippen molar-refractivity contribution < 1.29 is 45.4 Å². The van der Waals surface area contributed by atoms with E-state index in [1.54, 1.807) is 30.3 Å². The molecule has 3 heterocycles. The van der Waals surface area contributed by atoms with Crippen LogP contribution < -0.4 is 15.2 Å². The average Bonchev–Trinajstić information content (AvgIpc) is 3.92. The van der Waals surface area contributed by atoms with Crippen molar-refractivity contribution in [3.63, 3.8) is 0 Å². The Kier molecular flexibility index (Phi) is 8.93. The van der Waals surface area contributed by atoms with Gasteiger partial charge in [-0.3, -0.25) is 14.5 Å². The predicted octanol–water partition coefficient (Wildman–Crippen LogP) is 6.12. The van der Waals surface area contributed by atoms with Gasteiger partial charge in [0.25, 0.3) is 11.8 Å². The van der Waals surface area contributed by atoms with Crippen LogP contribution in [0.4, 0.5) is 26.3 Å². The fourth-order valence-corrected chi connectivity index (χ4v) is 5.96. The number of fused-ring (bicyclic) bond motifs is 1. The van der Waals surface area contributed by atoms with Crippen molar-refractivity contribution in [1.29, 1.82) is 0 Å². The molecule has 4 fully saturated rings. The summed E-state index contributed by atoms with van der Waals surface area (Å²) in [5.74, 6) is -2.03. The molecule has 8 rings (SSSR count). The molecule has 1 aromatic carbocycles. The highest BCUT2D eigenvalue weighted by Gasteiger charge is 2.56. The van der Waals surface area contributed by atoms with Crippen molar-refractivity contribution in [2.45, 2.75) is 75.8 Å². The van der Waals surface area contributed by atoms with Crippen LogP contribution in [0.1, 0.15) is 94.1 Å². The lowest BCUT2D eigenvalue weighted by Crippen LogP contribution is -2.29. The Labute approximate surface area is 282 Å². The Balaban J connectivity index is 0.000000170. The summed E-state index contributed by atoms with van der Waals surface area (Å²) in [4.78, 5) is 43.7. The number of hydrogen-bond donors (Lipinski definition) is 1. The maximum atomic E-state index is 12.7. The number of alkyl halides is 6. The molecule has 2 amide bonds. The van der Waals surface area contributed by atoms with E-state index in [-0.39, 0.29) is 50.9 Å². The van der Waals surface area contributed by atoms with Crippen molar-refractivity contribution in [3.05, 3.63) is 70.6 Å². The summed E-state index contributed by atoms with van der Waals surface area (Å²) in [5.41, 5.74) is 7.36. The van der Waals surface area contributed by atoms with Gasteiger partial charge in [0.05, 0.1) is 54.1 Å². The first-order chi connectivity index (χ1) is 23.8. The van der Waals surface area contributed by atoms with Crippen LogP contribution >= 0.6 is 0 Å². The third-order valence-corrected chi connectivity index (χ3v) is 9.42. The fraction of sp³-hybridized carbons (Fsp3) is 0.529. The smallest absolute Gasteiger partial charge is 0.392 e. The van der Waals surface area contributed by atoms with Crippen LogP contribution in [-0.4, -0.2) is 62.2 Å². The Morgan fingerprint density at radius 3 is 1.54 bits per heavy atom. The minimum Gasteiger partial charge on any atom is -0.477 e. The zero-order chi connectivity index (χ0) is 35.4. The first kappa shape index (κ1) is 34.1. The van der Waals surface area contributed by atoms with E-state index in [0.717, 1.165) is 30.6 Å². The van der Waals surface area contributed by atoms with Gasteiger partial charge >= 0.3 is 12.4 Å². The molecule has 0 radical (unpaired) electrons. The molecule has 0 bridgehead atoms. The lowest BCUT2D eigenvalue weighted by atomic mass is 10.1. The lowest BCUT2D eigenvalue weighted by Gasteiger charge is -2.15. The highest BCUT2D eigenvalue weighted by atomic mass is 19.4. The quantitative estimate of drug-likeness (QED) is 0.185. The Bertz CT molecular complexity index is 1740. The van der Waals surface area contributed by atoms with Crippen molar-refractivity contribution in [2.75, 3.05) is 13.2 Å². The molecule has 1 aliphatic heterocycles. The first-order valence-electron chi connectivity index (χ1n) is 16.6. The normalized spacial score (nSPS) is 24.0. The van der Waals surface area contributed by atoms with Gasteiger partial charge in [-0.25, -0.2) is 9.97 Å². The van der Waals surface area contributed by atoms with Gasteiger partial charge < -0.3 is 15.2 Å². The second-order valence-electron chi connectivity index (χ2n) is 13.5. The van der Waals surface area contributed by atoms with Gasteiger partial charge in [0.15, 0.2) is 0 Å². The Hall–Kier alpha value is -4.34. The van der Waals surface area contributed by atoms with Crippen LogP contribution in [0.5, 0.6) is 11.8 Å². The molecule has 2 N–H and O–H groups in total. The number of benzene rings is 1. The third kappa shape index (κ3) is 7.84. The van der Waals surface area contributed by atoms with Crippen LogP contribution in [0.3, 0.4) is 0 Å². The van der Waals surface area contributed by atoms with Crippen molar-refractivity contribution in [3.8, 4) is 11.8 Å². The number of aromatic nitrogens is 4. The fourth-order valence-electron chi connectivity index (χ4n) is 5.96. The van der Waals surface area contributed by atoms with Crippen LogP contribution in [0.2, 0.25) is 0 Å². The molecule has 2 aromatic heterocycles. The number of amides is 2. The van der Waals surface area contributed by atoms with E-state index in [4.69, 9.17) is 15.2 Å². The SMILES string of the molecule is NCc1cc(OCC2CC2C(F)(F)F)nc(C2CC2)n1.O=C1c2ccccc2C(=O)N1Cc1cc(OCC2CC2C(F)(F)F)nc(C2CC2)n1. The van der Waals surface area contributed by atoms with Crippen molar-refractivity contribution in [1.82, 2.24) is 24.8 Å². The number of rotatable bonds is 11. The molecule has 16 heteroatoms. The number of imide groups is 1. The molecule has 5 aliphatic rings. The van der Waals surface area contributed by atoms with E-state index in [1.807, 2.05) is 0 Å². The van der Waals surface area contributed by atoms with Gasteiger partial charge in [-0.05, 0) is 50.7 Å². The zero-order valence-corrected chi connectivity index (χ0v) is 26.7. The van der Waals surface area contributed by atoms with Crippen LogP contribution in [0.25, 0.3) is 0 Å². The maximum absolute atomic E-state index is 12.7. The average molecular weight is 705 g/mol. The molecule has 4 atom stereocenters. The molecular formula is C34H34F6N6O4. The summed E-state index contributed by atoms with van der Waals surface area (Å²) in [6, 6.07) is 9.71. The molecule has 4 aliphatic carbocycles. The summed E-state index contributed by atoms with van der Waals surface area (Å²) < 4.78 is 86.4. The Morgan fingerprint density at radius 1 is 0.700 bits per heavy atom. The molecular weight excluding hydrogens is 670 g/mol. The molecule has 10 nitrogen and oxygen atoms in total. The van der Waals surface area contributed by atoms with E-state index < -0.39 is 47.8 Å². The maximum Gasteiger partial charge on any atom is 0.392 e. The summed E-state index contributed by atoms with van der Waals surface area (Å²) >= 11 is 0. The summed E-state index contributed by atoms with van der Waals surface area (Å²) in [7, 11) is 0. The topological polar surface area (TPSA) is 133 Å². The molecule has 266 valence electrons. The van der Waals surface area contributed by atoms with Gasteiger partial charge in [-0.2, -0.15) is 36.3 Å². The molecule has 0 saturated heterocycles. The van der Waals surface area contributed by atoms with Crippen molar-refractivity contribution in [2.24, 2.45) is 29.4 Å². The monoisotopic (exact) mass is 704 g/mol. The number of ether oxygens (including phenoxy) is 2. The standard InChI is InChI=1S/C21H18F3N3O3.C13H16F3N3O/c22-21(23,24)16-7-12(16)10-30-17-8-13(25-18(26-17)11-5-6-11)9-27-19(28)14-3-1-2-4-15(14)20(27)29;14-13(15,16)10-3-8(10)6-20-11-4-9(5-17)18-12(19-11)7-1-2-7/h1-4,8,11-12,16H,5-7,9-10H2;4,7-8,10H,1-3,5-6,17H2. The summed E-state index contributed by atoms with van der Waals surface area (Å²) in [6.07, 6.45) is -4.15. The largest absolute Gasteiger partial charge is 0.477 e. The van der Waals surface area contributed by atoms with E-state index in [9.17, 15) is 35.9 Å². The van der Waals surface area contributed by atoms with Gasteiger partial charge in [-0.1, -0.05) is 12.1 Å². The second kappa shape index (κ2) is 13.1. The van der Waals surface area contributed by atoms with E-state index in [2.05, 4.69) is 19.9 Å².